The molecular formula is C13H26N2O2. The Morgan fingerprint density at radius 2 is 2.00 bits per heavy atom. The van der Waals surface area contributed by atoms with Crippen LogP contribution >= 0.6 is 0 Å². The van der Waals surface area contributed by atoms with Crippen molar-refractivity contribution >= 4 is 6.09 Å². The van der Waals surface area contributed by atoms with Gasteiger partial charge in [0.15, 0.2) is 0 Å². The van der Waals surface area contributed by atoms with Crippen LogP contribution in [0.3, 0.4) is 0 Å². The number of rotatable bonds is 3. The summed E-state index contributed by atoms with van der Waals surface area (Å²) in [6, 6.07) is 0.610. The number of hydrogen-bond donors (Lipinski definition) is 1. The Kier molecular flexibility index (Phi) is 5.25. The van der Waals surface area contributed by atoms with Crippen molar-refractivity contribution in [1.29, 1.82) is 0 Å². The quantitative estimate of drug-likeness (QED) is 0.824. The SMILES string of the molecule is CCOC(=O)N1CC(C(C)C)NCC1C(C)C. The third-order valence-corrected chi connectivity index (χ3v) is 3.46. The number of amides is 1. The summed E-state index contributed by atoms with van der Waals surface area (Å²) < 4.78 is 5.15. The van der Waals surface area contributed by atoms with E-state index >= 15 is 0 Å². The Hall–Kier alpha value is -0.770. The number of piperazine rings is 1. The van der Waals surface area contributed by atoms with Gasteiger partial charge in [-0.2, -0.15) is 0 Å². The first kappa shape index (κ1) is 14.3. The van der Waals surface area contributed by atoms with Crippen LogP contribution < -0.4 is 5.32 Å². The number of carbonyl (C=O) groups is 1. The molecule has 4 heteroatoms. The molecule has 1 amide bonds. The molecule has 17 heavy (non-hydrogen) atoms. The van der Waals surface area contributed by atoms with Gasteiger partial charge in [-0.1, -0.05) is 27.7 Å². The lowest BCUT2D eigenvalue weighted by Crippen LogP contribution is -2.61. The minimum Gasteiger partial charge on any atom is -0.450 e. The standard InChI is InChI=1S/C13H26N2O2/c1-6-17-13(16)15-8-11(9(2)3)14-7-12(15)10(4)5/h9-12,14H,6-8H2,1-5H3. The van der Waals surface area contributed by atoms with Crippen LogP contribution in [0, 0.1) is 11.8 Å². The number of hydrogen-bond acceptors (Lipinski definition) is 3. The van der Waals surface area contributed by atoms with Crippen molar-refractivity contribution in [2.45, 2.75) is 46.7 Å². The molecule has 1 N–H and O–H groups in total. The lowest BCUT2D eigenvalue weighted by molar-refractivity contribution is 0.0524. The van der Waals surface area contributed by atoms with E-state index in [4.69, 9.17) is 4.74 Å². The zero-order chi connectivity index (χ0) is 13.0. The zero-order valence-electron chi connectivity index (χ0n) is 11.7. The molecule has 1 aliphatic rings. The normalized spacial score (nSPS) is 25.5. The third kappa shape index (κ3) is 3.60. The van der Waals surface area contributed by atoms with Crippen molar-refractivity contribution in [3.8, 4) is 0 Å². The summed E-state index contributed by atoms with van der Waals surface area (Å²) in [5.74, 6) is 0.972. The zero-order valence-corrected chi connectivity index (χ0v) is 11.7. The predicted octanol–water partition coefficient (Wildman–Crippen LogP) is 2.10. The van der Waals surface area contributed by atoms with E-state index < -0.39 is 0 Å². The predicted molar refractivity (Wildman–Crippen MR) is 69.0 cm³/mol. The van der Waals surface area contributed by atoms with Crippen molar-refractivity contribution < 1.29 is 9.53 Å². The lowest BCUT2D eigenvalue weighted by Gasteiger charge is -2.42. The van der Waals surface area contributed by atoms with Crippen LogP contribution in [0.1, 0.15) is 34.6 Å². The van der Waals surface area contributed by atoms with E-state index in [-0.39, 0.29) is 12.1 Å². The highest BCUT2D eigenvalue weighted by molar-refractivity contribution is 5.68. The first-order valence-corrected chi connectivity index (χ1v) is 6.64. The topological polar surface area (TPSA) is 41.6 Å². The van der Waals surface area contributed by atoms with Crippen LogP contribution in [0.25, 0.3) is 0 Å². The van der Waals surface area contributed by atoms with Crippen LogP contribution in [0.15, 0.2) is 0 Å². The average molecular weight is 242 g/mol. The third-order valence-electron chi connectivity index (χ3n) is 3.46. The van der Waals surface area contributed by atoms with Gasteiger partial charge in [-0.3, -0.25) is 0 Å². The monoisotopic (exact) mass is 242 g/mol. The summed E-state index contributed by atoms with van der Waals surface area (Å²) in [6.07, 6.45) is -0.168. The maximum absolute atomic E-state index is 12.0. The largest absolute Gasteiger partial charge is 0.450 e. The molecule has 100 valence electrons. The second-order valence-electron chi connectivity index (χ2n) is 5.42. The second-order valence-corrected chi connectivity index (χ2v) is 5.42. The summed E-state index contributed by atoms with van der Waals surface area (Å²) in [5.41, 5.74) is 0. The molecule has 0 saturated carbocycles. The molecule has 0 aliphatic carbocycles. The van der Waals surface area contributed by atoms with E-state index in [9.17, 15) is 4.79 Å². The minimum atomic E-state index is -0.168. The molecule has 1 saturated heterocycles. The summed E-state index contributed by atoms with van der Waals surface area (Å²) in [5, 5.41) is 3.53. The van der Waals surface area contributed by atoms with Gasteiger partial charge in [0.2, 0.25) is 0 Å². The van der Waals surface area contributed by atoms with Gasteiger partial charge in [-0.15, -0.1) is 0 Å². The molecular weight excluding hydrogens is 216 g/mol. The van der Waals surface area contributed by atoms with Gasteiger partial charge in [0.1, 0.15) is 0 Å². The lowest BCUT2D eigenvalue weighted by atomic mass is 9.95. The van der Waals surface area contributed by atoms with Crippen molar-refractivity contribution in [2.24, 2.45) is 11.8 Å². The Morgan fingerprint density at radius 3 is 2.47 bits per heavy atom. The van der Waals surface area contributed by atoms with Gasteiger partial charge in [0, 0.05) is 25.2 Å². The highest BCUT2D eigenvalue weighted by Crippen LogP contribution is 2.19. The van der Waals surface area contributed by atoms with Crippen molar-refractivity contribution in [3.05, 3.63) is 0 Å². The second kappa shape index (κ2) is 6.24. The van der Waals surface area contributed by atoms with Crippen LogP contribution in [0.4, 0.5) is 4.79 Å². The van der Waals surface area contributed by atoms with Crippen LogP contribution in [-0.2, 0) is 4.74 Å². The van der Waals surface area contributed by atoms with Crippen molar-refractivity contribution in [1.82, 2.24) is 10.2 Å². The molecule has 1 fully saturated rings. The fourth-order valence-corrected chi connectivity index (χ4v) is 2.25. The Morgan fingerprint density at radius 1 is 1.35 bits per heavy atom. The van der Waals surface area contributed by atoms with E-state index in [1.807, 2.05) is 11.8 Å². The number of nitrogens with zero attached hydrogens (tertiary/aromatic N) is 1. The van der Waals surface area contributed by atoms with Crippen LogP contribution in [0.2, 0.25) is 0 Å². The van der Waals surface area contributed by atoms with Crippen molar-refractivity contribution in [3.63, 3.8) is 0 Å². The molecule has 4 nitrogen and oxygen atoms in total. The maximum Gasteiger partial charge on any atom is 0.410 e. The van der Waals surface area contributed by atoms with E-state index in [0.717, 1.165) is 13.1 Å². The number of carbonyl (C=O) groups excluding carboxylic acids is 1. The Bertz CT molecular complexity index is 254. The molecule has 1 aliphatic heterocycles. The molecule has 1 heterocycles. The molecule has 0 aromatic heterocycles. The average Bonchev–Trinajstić information content (AvgIpc) is 2.28. The van der Waals surface area contributed by atoms with Gasteiger partial charge in [-0.25, -0.2) is 4.79 Å². The Balaban J connectivity index is 2.72. The van der Waals surface area contributed by atoms with Gasteiger partial charge in [-0.05, 0) is 18.8 Å². The number of nitrogens with one attached hydrogen (secondary N) is 1. The van der Waals surface area contributed by atoms with Crippen LogP contribution in [0.5, 0.6) is 0 Å². The summed E-state index contributed by atoms with van der Waals surface area (Å²) in [7, 11) is 0. The summed E-state index contributed by atoms with van der Waals surface area (Å²) >= 11 is 0. The van der Waals surface area contributed by atoms with Crippen LogP contribution in [-0.4, -0.2) is 42.8 Å². The first-order valence-electron chi connectivity index (χ1n) is 6.64. The van der Waals surface area contributed by atoms with Gasteiger partial charge in [0.05, 0.1) is 6.61 Å². The van der Waals surface area contributed by atoms with E-state index in [1.165, 1.54) is 0 Å². The minimum absolute atomic E-state index is 0.168. The molecule has 0 bridgehead atoms. The summed E-state index contributed by atoms with van der Waals surface area (Å²) in [6.45, 7) is 12.6. The number of ether oxygens (including phenoxy) is 1. The Labute approximate surface area is 105 Å². The summed E-state index contributed by atoms with van der Waals surface area (Å²) in [4.78, 5) is 13.9. The van der Waals surface area contributed by atoms with Gasteiger partial charge >= 0.3 is 6.09 Å². The van der Waals surface area contributed by atoms with E-state index in [1.54, 1.807) is 0 Å². The fourth-order valence-electron chi connectivity index (χ4n) is 2.25. The highest BCUT2D eigenvalue weighted by atomic mass is 16.6. The first-order chi connectivity index (χ1) is 7.97. The highest BCUT2D eigenvalue weighted by Gasteiger charge is 2.34. The molecule has 1 rings (SSSR count). The molecule has 2 unspecified atom stereocenters. The van der Waals surface area contributed by atoms with Gasteiger partial charge in [0.25, 0.3) is 0 Å². The van der Waals surface area contributed by atoms with E-state index in [2.05, 4.69) is 33.0 Å². The fraction of sp³-hybridized carbons (Fsp3) is 0.923. The van der Waals surface area contributed by atoms with Crippen molar-refractivity contribution in [2.75, 3.05) is 19.7 Å². The molecule has 0 aromatic rings. The molecule has 2 atom stereocenters. The van der Waals surface area contributed by atoms with Gasteiger partial charge < -0.3 is 15.0 Å². The molecule has 0 radical (unpaired) electrons. The maximum atomic E-state index is 12.0. The smallest absolute Gasteiger partial charge is 0.410 e. The molecule has 0 aromatic carbocycles. The van der Waals surface area contributed by atoms with E-state index in [0.29, 0.717) is 24.5 Å². The molecule has 0 spiro atoms.